The van der Waals surface area contributed by atoms with E-state index in [1.54, 1.807) is 34.8 Å². The molecule has 0 radical (unpaired) electrons. The first kappa shape index (κ1) is 27.1. The van der Waals surface area contributed by atoms with Crippen molar-refractivity contribution in [2.45, 2.75) is 20.8 Å². The van der Waals surface area contributed by atoms with E-state index in [2.05, 4.69) is 25.1 Å². The molecule has 1 amide bonds. The van der Waals surface area contributed by atoms with Crippen molar-refractivity contribution in [2.24, 2.45) is 4.36 Å². The average Bonchev–Trinajstić information content (AvgIpc) is 3.29. The molecule has 9 nitrogen and oxygen atoms in total. The summed E-state index contributed by atoms with van der Waals surface area (Å²) in [5.74, 6) is -0.133. The average molecular weight is 545 g/mol. The van der Waals surface area contributed by atoms with Gasteiger partial charge in [-0.25, -0.2) is 8.91 Å². The third kappa shape index (κ3) is 6.70. The van der Waals surface area contributed by atoms with Gasteiger partial charge in [-0.1, -0.05) is 31.7 Å². The molecule has 0 fully saturated rings. The topological polar surface area (TPSA) is 118 Å². The number of hydrogen-bond acceptors (Lipinski definition) is 7. The molecule has 0 unspecified atom stereocenters. The van der Waals surface area contributed by atoms with Gasteiger partial charge in [0.1, 0.15) is 5.82 Å². The molecule has 0 spiro atoms. The first-order valence-corrected chi connectivity index (χ1v) is 12.6. The van der Waals surface area contributed by atoms with Crippen molar-refractivity contribution in [3.8, 4) is 11.1 Å². The molecule has 0 saturated carbocycles. The van der Waals surface area contributed by atoms with Gasteiger partial charge in [0.2, 0.25) is 11.9 Å². The maximum atomic E-state index is 13.1. The number of halogens is 1. The molecule has 2 heterocycles. The summed E-state index contributed by atoms with van der Waals surface area (Å²) in [6, 6.07) is 22.0. The molecule has 0 atom stereocenters. The minimum Gasteiger partial charge on any atom is -0.326 e. The lowest BCUT2D eigenvalue weighted by molar-refractivity contribution is -0.115. The number of anilines is 3. The molecule has 5 aromatic rings. The van der Waals surface area contributed by atoms with Crippen LogP contribution in [0.15, 0.2) is 89.4 Å². The van der Waals surface area contributed by atoms with Crippen LogP contribution < -0.4 is 10.6 Å². The summed E-state index contributed by atoms with van der Waals surface area (Å²) in [6.45, 7) is 1.83. The highest BCUT2D eigenvalue weighted by Crippen LogP contribution is 2.25. The van der Waals surface area contributed by atoms with Gasteiger partial charge >= 0.3 is 10.5 Å². The molecule has 3 aromatic carbocycles. The zero-order chi connectivity index (χ0) is 26.6. The Hall–Kier alpha value is -4.90. The van der Waals surface area contributed by atoms with E-state index in [0.29, 0.717) is 23.0 Å². The molecule has 2 aromatic heterocycles. The maximum Gasteiger partial charge on any atom is 0.316 e. The van der Waals surface area contributed by atoms with Gasteiger partial charge in [-0.15, -0.1) is 9.46 Å². The van der Waals surface area contributed by atoms with E-state index in [4.69, 9.17) is 0 Å². The summed E-state index contributed by atoms with van der Waals surface area (Å²) in [7, 11) is -2.51. The molecule has 2 N–H and O–H groups in total. The molecular formula is C28H25FN6O3S. The molecule has 5 rings (SSSR count). The number of nitrogens with one attached hydrogen (secondary N) is 2. The van der Waals surface area contributed by atoms with Crippen LogP contribution in [0.4, 0.5) is 27.4 Å². The molecular weight excluding hydrogens is 519 g/mol. The normalized spacial score (nSPS) is 10.5. The highest BCUT2D eigenvalue weighted by atomic mass is 32.2. The molecule has 11 heteroatoms. The number of aromatic nitrogens is 3. The predicted molar refractivity (Wildman–Crippen MR) is 149 cm³/mol. The summed E-state index contributed by atoms with van der Waals surface area (Å²) < 4.78 is 39.8. The first-order valence-electron chi connectivity index (χ1n) is 11.5. The quantitative estimate of drug-likeness (QED) is 0.256. The van der Waals surface area contributed by atoms with Gasteiger partial charge in [0.25, 0.3) is 0 Å². The standard InChI is InChI=1S/C27H21FN6O3S.CH4/c1-17-14-23(33-38(36)37)11-12-24(17)30-27-31-25-13-6-20(16-34(25)32-27)19-4-9-22(10-5-19)29-26(35)15-18-2-7-21(28)8-3-18;/h2-14,16H,15H2,1H3,(H,29,35)(H,30,32);1H4. The number of nitrogens with zero attached hydrogens (tertiary/aromatic N) is 4. The van der Waals surface area contributed by atoms with Gasteiger partial charge in [0.15, 0.2) is 5.65 Å². The zero-order valence-electron chi connectivity index (χ0n) is 20.1. The summed E-state index contributed by atoms with van der Waals surface area (Å²) in [4.78, 5) is 16.8. The van der Waals surface area contributed by atoms with Crippen LogP contribution in [0.3, 0.4) is 0 Å². The van der Waals surface area contributed by atoms with Crippen molar-refractivity contribution < 1.29 is 17.6 Å². The maximum absolute atomic E-state index is 13.1. The number of aryl methyl sites for hydroxylation is 1. The van der Waals surface area contributed by atoms with Crippen molar-refractivity contribution in [2.75, 3.05) is 10.6 Å². The fourth-order valence-corrected chi connectivity index (χ4v) is 4.18. The molecule has 0 aliphatic rings. The van der Waals surface area contributed by atoms with Gasteiger partial charge in [-0.2, -0.15) is 13.4 Å². The smallest absolute Gasteiger partial charge is 0.316 e. The highest BCUT2D eigenvalue weighted by molar-refractivity contribution is 7.61. The van der Waals surface area contributed by atoms with Crippen LogP contribution in [0, 0.1) is 12.7 Å². The van der Waals surface area contributed by atoms with E-state index in [1.807, 2.05) is 49.5 Å². The van der Waals surface area contributed by atoms with E-state index in [9.17, 15) is 17.6 Å². The number of carbonyl (C=O) groups excluding carboxylic acids is 1. The molecule has 198 valence electrons. The van der Waals surface area contributed by atoms with Crippen LogP contribution in [-0.4, -0.2) is 28.9 Å². The van der Waals surface area contributed by atoms with Gasteiger partial charge in [-0.3, -0.25) is 4.79 Å². The lowest BCUT2D eigenvalue weighted by Gasteiger charge is -2.07. The summed E-state index contributed by atoms with van der Waals surface area (Å²) in [5.41, 5.74) is 5.74. The summed E-state index contributed by atoms with van der Waals surface area (Å²) >= 11 is 0. The summed E-state index contributed by atoms with van der Waals surface area (Å²) in [6.07, 6.45) is 2.01. The second kappa shape index (κ2) is 11.7. The Labute approximate surface area is 226 Å². The van der Waals surface area contributed by atoms with Crippen LogP contribution >= 0.6 is 0 Å². The third-order valence-corrected chi connectivity index (χ3v) is 6.11. The number of carbonyl (C=O) groups is 1. The van der Waals surface area contributed by atoms with Crippen molar-refractivity contribution in [1.82, 2.24) is 14.6 Å². The van der Waals surface area contributed by atoms with Crippen LogP contribution in [0.5, 0.6) is 0 Å². The zero-order valence-corrected chi connectivity index (χ0v) is 20.9. The monoisotopic (exact) mass is 544 g/mol. The van der Waals surface area contributed by atoms with Gasteiger partial charge in [-0.05, 0) is 78.2 Å². The number of pyridine rings is 1. The van der Waals surface area contributed by atoms with Crippen molar-refractivity contribution in [3.63, 3.8) is 0 Å². The minimum absolute atomic E-state index is 0. The van der Waals surface area contributed by atoms with E-state index < -0.39 is 10.5 Å². The fourth-order valence-electron chi connectivity index (χ4n) is 3.90. The molecule has 0 aliphatic carbocycles. The van der Waals surface area contributed by atoms with E-state index in [0.717, 1.165) is 27.9 Å². The number of amides is 1. The molecule has 0 bridgehead atoms. The Bertz CT molecular complexity index is 1780. The molecule has 39 heavy (non-hydrogen) atoms. The van der Waals surface area contributed by atoms with Crippen LogP contribution in [0.2, 0.25) is 0 Å². The number of hydrogen-bond donors (Lipinski definition) is 2. The fraction of sp³-hybridized carbons (Fsp3) is 0.107. The van der Waals surface area contributed by atoms with Gasteiger partial charge in [0.05, 0.1) is 12.1 Å². The van der Waals surface area contributed by atoms with Crippen molar-refractivity contribution in [1.29, 1.82) is 0 Å². The van der Waals surface area contributed by atoms with Gasteiger partial charge < -0.3 is 10.6 Å². The Morgan fingerprint density at radius 3 is 2.38 bits per heavy atom. The van der Waals surface area contributed by atoms with Crippen LogP contribution in [-0.2, 0) is 21.7 Å². The predicted octanol–water partition coefficient (Wildman–Crippen LogP) is 6.10. The second-order valence-corrected chi connectivity index (χ2v) is 9.13. The van der Waals surface area contributed by atoms with E-state index in [1.165, 1.54) is 12.1 Å². The van der Waals surface area contributed by atoms with Crippen molar-refractivity contribution >= 4 is 45.1 Å². The number of fused-ring (bicyclic) bond motifs is 1. The highest BCUT2D eigenvalue weighted by Gasteiger charge is 2.09. The lowest BCUT2D eigenvalue weighted by atomic mass is 10.1. The van der Waals surface area contributed by atoms with Crippen LogP contribution in [0.1, 0.15) is 18.6 Å². The number of benzene rings is 3. The first-order chi connectivity index (χ1) is 18.3. The lowest BCUT2D eigenvalue weighted by Crippen LogP contribution is -2.14. The Kier molecular flexibility index (Phi) is 8.11. The second-order valence-electron chi connectivity index (χ2n) is 8.52. The Morgan fingerprint density at radius 2 is 1.69 bits per heavy atom. The van der Waals surface area contributed by atoms with Gasteiger partial charge in [0, 0.05) is 23.1 Å². The summed E-state index contributed by atoms with van der Waals surface area (Å²) in [5, 5.41) is 10.5. The Balaban J connectivity index is 0.00000353. The SMILES string of the molecule is C.Cc1cc(N=S(=O)=O)ccc1Nc1nc2ccc(-c3ccc(NC(=O)Cc4ccc(F)cc4)cc3)cn2n1. The molecule has 0 aliphatic heterocycles. The Morgan fingerprint density at radius 1 is 0.974 bits per heavy atom. The van der Waals surface area contributed by atoms with E-state index in [-0.39, 0.29) is 25.6 Å². The number of rotatable bonds is 7. The third-order valence-electron chi connectivity index (χ3n) is 5.75. The van der Waals surface area contributed by atoms with E-state index >= 15 is 0 Å². The largest absolute Gasteiger partial charge is 0.326 e. The van der Waals surface area contributed by atoms with Crippen LogP contribution in [0.25, 0.3) is 16.8 Å². The molecule has 0 saturated heterocycles. The minimum atomic E-state index is -2.51. The van der Waals surface area contributed by atoms with Crippen molar-refractivity contribution in [3.05, 3.63) is 102 Å².